The number of aryl methyl sites for hydroxylation is 2. The lowest BCUT2D eigenvalue weighted by molar-refractivity contribution is 0.0950. The molecule has 8 nitrogen and oxygen atoms in total. The predicted octanol–water partition coefficient (Wildman–Crippen LogP) is 3.97. The van der Waals surface area contributed by atoms with Gasteiger partial charge in [-0.1, -0.05) is 0 Å². The van der Waals surface area contributed by atoms with Gasteiger partial charge in [-0.2, -0.15) is 0 Å². The molecule has 0 atom stereocenters. The van der Waals surface area contributed by atoms with Crippen molar-refractivity contribution in [2.75, 3.05) is 37.9 Å². The van der Waals surface area contributed by atoms with E-state index in [4.69, 9.17) is 5.41 Å². The molecule has 1 heterocycles. The van der Waals surface area contributed by atoms with E-state index >= 15 is 0 Å². The third-order valence-electron chi connectivity index (χ3n) is 7.64. The molecular weight excluding hydrogens is 452 g/mol. The lowest BCUT2D eigenvalue weighted by atomic mass is 9.88. The van der Waals surface area contributed by atoms with E-state index in [1.54, 1.807) is 0 Å². The highest BCUT2D eigenvalue weighted by Crippen LogP contribution is 2.37. The van der Waals surface area contributed by atoms with Crippen molar-refractivity contribution in [2.45, 2.75) is 72.0 Å². The van der Waals surface area contributed by atoms with Crippen molar-refractivity contribution < 1.29 is 4.79 Å². The predicted molar refractivity (Wildman–Crippen MR) is 149 cm³/mol. The maximum atomic E-state index is 13.4. The maximum absolute atomic E-state index is 13.4. The molecule has 1 aromatic heterocycles. The van der Waals surface area contributed by atoms with Crippen molar-refractivity contribution in [3.8, 4) is 0 Å². The molecule has 2 aromatic rings. The molecular formula is C28H42N6O2. The highest BCUT2D eigenvalue weighted by molar-refractivity contribution is 6.03. The van der Waals surface area contributed by atoms with Gasteiger partial charge < -0.3 is 30.8 Å². The molecule has 0 aliphatic heterocycles. The molecule has 4 N–H and O–H groups in total. The van der Waals surface area contributed by atoms with Gasteiger partial charge in [0.1, 0.15) is 0 Å². The summed E-state index contributed by atoms with van der Waals surface area (Å²) in [4.78, 5) is 33.4. The molecule has 1 aromatic carbocycles. The first kappa shape index (κ1) is 27.5. The monoisotopic (exact) mass is 494 g/mol. The van der Waals surface area contributed by atoms with Crippen molar-refractivity contribution in [2.24, 2.45) is 0 Å². The van der Waals surface area contributed by atoms with Gasteiger partial charge in [-0.25, -0.2) is 0 Å². The van der Waals surface area contributed by atoms with Crippen LogP contribution in [0.5, 0.6) is 0 Å². The number of H-pyrrole nitrogens is 1. The lowest BCUT2D eigenvalue weighted by Crippen LogP contribution is -2.43. The van der Waals surface area contributed by atoms with Gasteiger partial charge in [0.25, 0.3) is 11.5 Å². The van der Waals surface area contributed by atoms with Gasteiger partial charge in [0.05, 0.1) is 5.69 Å². The first-order valence-electron chi connectivity index (χ1n) is 12.9. The molecule has 1 saturated carbocycles. The van der Waals surface area contributed by atoms with E-state index in [-0.39, 0.29) is 18.0 Å². The largest absolute Gasteiger partial charge is 0.388 e. The van der Waals surface area contributed by atoms with Gasteiger partial charge in [0.15, 0.2) is 0 Å². The van der Waals surface area contributed by atoms with Crippen LogP contribution in [0.3, 0.4) is 0 Å². The third kappa shape index (κ3) is 5.64. The topological polar surface area (TPSA) is 104 Å². The molecule has 1 aliphatic carbocycles. The Kier molecular flexibility index (Phi) is 8.95. The number of hydrogen-bond donors (Lipinski definition) is 4. The summed E-state index contributed by atoms with van der Waals surface area (Å²) in [5.74, 6) is -0.228. The van der Waals surface area contributed by atoms with Crippen LogP contribution in [0.25, 0.3) is 0 Å². The van der Waals surface area contributed by atoms with Crippen LogP contribution < -0.4 is 21.1 Å². The number of benzene rings is 1. The van der Waals surface area contributed by atoms with Crippen molar-refractivity contribution in [1.82, 2.24) is 15.2 Å². The zero-order valence-electron chi connectivity index (χ0n) is 22.8. The number of pyridine rings is 1. The fraction of sp³-hybridized carbons (Fsp3) is 0.536. The van der Waals surface area contributed by atoms with Crippen LogP contribution in [0, 0.1) is 26.2 Å². The second-order valence-corrected chi connectivity index (χ2v) is 10.1. The summed E-state index contributed by atoms with van der Waals surface area (Å²) in [6.07, 6.45) is 5.81. The number of anilines is 2. The Morgan fingerprint density at radius 3 is 2.31 bits per heavy atom. The summed E-state index contributed by atoms with van der Waals surface area (Å²) in [6, 6.07) is 4.69. The Morgan fingerprint density at radius 2 is 1.78 bits per heavy atom. The first-order chi connectivity index (χ1) is 17.1. The Hall–Kier alpha value is -3.13. The summed E-state index contributed by atoms with van der Waals surface area (Å²) in [5.41, 5.74) is 5.95. The standard InChI is InChI=1S/C28H42N6O2/c1-8-34(21-11-9-20(10-12-21)33(6)7)26-19(4)22(14-25(30-5)23(26)15-29)27(35)31-16-24-17(2)13-18(3)32-28(24)36/h13-15,20-21,29-30H,8-12,16H2,1-7H3,(H,31,35)(H,32,36)/t20-,21+. The summed E-state index contributed by atoms with van der Waals surface area (Å²) >= 11 is 0. The fourth-order valence-electron chi connectivity index (χ4n) is 5.60. The Labute approximate surface area is 215 Å². The van der Waals surface area contributed by atoms with Crippen LogP contribution >= 0.6 is 0 Å². The average Bonchev–Trinajstić information content (AvgIpc) is 2.84. The zero-order valence-corrected chi connectivity index (χ0v) is 22.8. The number of aromatic nitrogens is 1. The molecule has 8 heteroatoms. The van der Waals surface area contributed by atoms with Gasteiger partial charge in [-0.15, -0.1) is 0 Å². The number of nitrogens with zero attached hydrogens (tertiary/aromatic N) is 2. The third-order valence-corrected chi connectivity index (χ3v) is 7.64. The maximum Gasteiger partial charge on any atom is 0.253 e. The fourth-order valence-corrected chi connectivity index (χ4v) is 5.60. The summed E-state index contributed by atoms with van der Waals surface area (Å²) in [6.45, 7) is 8.79. The quantitative estimate of drug-likeness (QED) is 0.395. The number of amides is 1. The molecule has 1 aliphatic rings. The highest BCUT2D eigenvalue weighted by atomic mass is 16.1. The Bertz CT molecular complexity index is 1160. The molecule has 36 heavy (non-hydrogen) atoms. The van der Waals surface area contributed by atoms with E-state index in [1.165, 1.54) is 6.21 Å². The minimum absolute atomic E-state index is 0.155. The normalized spacial score (nSPS) is 17.7. The zero-order chi connectivity index (χ0) is 26.6. The summed E-state index contributed by atoms with van der Waals surface area (Å²) < 4.78 is 0. The number of nitrogens with one attached hydrogen (secondary N) is 4. The van der Waals surface area contributed by atoms with E-state index in [0.29, 0.717) is 23.2 Å². The minimum atomic E-state index is -0.228. The van der Waals surface area contributed by atoms with E-state index < -0.39 is 0 Å². The molecule has 1 fully saturated rings. The van der Waals surface area contributed by atoms with Gasteiger partial charge in [0.2, 0.25) is 0 Å². The molecule has 3 rings (SSSR count). The SMILES string of the molecule is CCN(c1c(C)c(C(=O)NCc2c(C)cc(C)[nH]c2=O)cc(NC)c1C=N)[C@H]1CC[C@@H](N(C)C)CC1. The van der Waals surface area contributed by atoms with Crippen LogP contribution in [0.2, 0.25) is 0 Å². The van der Waals surface area contributed by atoms with Crippen LogP contribution in [-0.4, -0.2) is 61.8 Å². The summed E-state index contributed by atoms with van der Waals surface area (Å²) in [5, 5.41) is 14.3. The second-order valence-electron chi connectivity index (χ2n) is 10.1. The second kappa shape index (κ2) is 11.7. The molecule has 0 radical (unpaired) electrons. The number of rotatable bonds is 9. The van der Waals surface area contributed by atoms with Crippen LogP contribution in [0.4, 0.5) is 11.4 Å². The van der Waals surface area contributed by atoms with Crippen LogP contribution in [0.15, 0.2) is 16.9 Å². The minimum Gasteiger partial charge on any atom is -0.388 e. The molecule has 0 saturated heterocycles. The lowest BCUT2D eigenvalue weighted by Gasteiger charge is -2.41. The Morgan fingerprint density at radius 1 is 1.14 bits per heavy atom. The molecule has 0 bridgehead atoms. The number of hydrogen-bond acceptors (Lipinski definition) is 6. The number of aromatic amines is 1. The van der Waals surface area contributed by atoms with Gasteiger partial charge in [-0.3, -0.25) is 9.59 Å². The Balaban J connectivity index is 1.96. The van der Waals surface area contributed by atoms with E-state index in [1.807, 2.05) is 40.0 Å². The molecule has 0 spiro atoms. The van der Waals surface area contributed by atoms with E-state index in [2.05, 4.69) is 46.4 Å². The summed E-state index contributed by atoms with van der Waals surface area (Å²) in [7, 11) is 6.11. The molecule has 1 amide bonds. The molecule has 0 unspecified atom stereocenters. The van der Waals surface area contributed by atoms with E-state index in [9.17, 15) is 9.59 Å². The first-order valence-corrected chi connectivity index (χ1v) is 12.9. The highest BCUT2D eigenvalue weighted by Gasteiger charge is 2.30. The van der Waals surface area contributed by atoms with E-state index in [0.717, 1.165) is 66.0 Å². The smallest absolute Gasteiger partial charge is 0.253 e. The van der Waals surface area contributed by atoms with Crippen molar-refractivity contribution in [3.05, 3.63) is 56.0 Å². The average molecular weight is 495 g/mol. The van der Waals surface area contributed by atoms with Gasteiger partial charge in [-0.05, 0) is 90.7 Å². The van der Waals surface area contributed by atoms with Gasteiger partial charge in [0, 0.05) is 66.5 Å². The van der Waals surface area contributed by atoms with Crippen LogP contribution in [0.1, 0.15) is 70.9 Å². The number of carbonyl (C=O) groups is 1. The van der Waals surface area contributed by atoms with Crippen molar-refractivity contribution >= 4 is 23.5 Å². The molecule has 196 valence electrons. The van der Waals surface area contributed by atoms with Crippen LogP contribution in [-0.2, 0) is 6.54 Å². The van der Waals surface area contributed by atoms with Gasteiger partial charge >= 0.3 is 0 Å². The van der Waals surface area contributed by atoms with Crippen molar-refractivity contribution in [3.63, 3.8) is 0 Å². The van der Waals surface area contributed by atoms with Crippen molar-refractivity contribution in [1.29, 1.82) is 5.41 Å². The number of carbonyl (C=O) groups excluding carboxylic acids is 1.